The Hall–Kier alpha value is -2.61. The zero-order chi connectivity index (χ0) is 18.0. The normalized spacial score (nSPS) is 17.8. The van der Waals surface area contributed by atoms with Gasteiger partial charge in [0.15, 0.2) is 0 Å². The Kier molecular flexibility index (Phi) is 4.89. The average Bonchev–Trinajstić information content (AvgIpc) is 2.86. The summed E-state index contributed by atoms with van der Waals surface area (Å²) in [6.07, 6.45) is -0.650. The van der Waals surface area contributed by atoms with Crippen LogP contribution in [0.4, 0.5) is 0 Å². The number of carboxylic acid groups (broad SMARTS) is 1. The molecule has 1 aliphatic rings. The Morgan fingerprint density at radius 2 is 1.92 bits per heavy atom. The number of morpholine rings is 1. The van der Waals surface area contributed by atoms with Crippen LogP contribution in [0.5, 0.6) is 0 Å². The number of para-hydroxylation sites is 2. The molecule has 25 heavy (non-hydrogen) atoms. The van der Waals surface area contributed by atoms with E-state index in [0.717, 1.165) is 11.0 Å². The molecular formula is C17H21N3O5. The second kappa shape index (κ2) is 7.10. The number of aryl methyl sites for hydroxylation is 1. The first-order chi connectivity index (χ1) is 12.0. The number of aromatic nitrogens is 2. The number of carbonyl (C=O) groups excluding carboxylic acids is 1. The quantitative estimate of drug-likeness (QED) is 0.851. The highest BCUT2D eigenvalue weighted by Gasteiger charge is 2.27. The van der Waals surface area contributed by atoms with Crippen LogP contribution in [0.2, 0.25) is 0 Å². The number of ether oxygens (including phenoxy) is 1. The third kappa shape index (κ3) is 3.43. The molecule has 0 spiro atoms. The van der Waals surface area contributed by atoms with E-state index in [2.05, 4.69) is 0 Å². The van der Waals surface area contributed by atoms with Crippen molar-refractivity contribution in [3.8, 4) is 0 Å². The first-order valence-corrected chi connectivity index (χ1v) is 8.30. The van der Waals surface area contributed by atoms with Crippen LogP contribution in [-0.4, -0.2) is 56.8 Å². The minimum Gasteiger partial charge on any atom is -0.481 e. The predicted molar refractivity (Wildman–Crippen MR) is 90.4 cm³/mol. The molecule has 1 aromatic carbocycles. The predicted octanol–water partition coefficient (Wildman–Crippen LogP) is 0.525. The van der Waals surface area contributed by atoms with E-state index in [1.54, 1.807) is 9.47 Å². The van der Waals surface area contributed by atoms with Crippen molar-refractivity contribution >= 4 is 22.9 Å². The second-order valence-electron chi connectivity index (χ2n) is 6.03. The summed E-state index contributed by atoms with van der Waals surface area (Å²) < 4.78 is 8.50. The van der Waals surface area contributed by atoms with Crippen LogP contribution in [-0.2, 0) is 27.4 Å². The zero-order valence-electron chi connectivity index (χ0n) is 14.1. The second-order valence-corrected chi connectivity index (χ2v) is 6.03. The van der Waals surface area contributed by atoms with Crippen molar-refractivity contribution in [2.45, 2.75) is 32.5 Å². The van der Waals surface area contributed by atoms with Gasteiger partial charge in [-0.1, -0.05) is 12.1 Å². The Morgan fingerprint density at radius 3 is 2.56 bits per heavy atom. The summed E-state index contributed by atoms with van der Waals surface area (Å²) in [4.78, 5) is 37.6. The third-order valence-electron chi connectivity index (χ3n) is 4.43. The van der Waals surface area contributed by atoms with Crippen molar-refractivity contribution in [3.63, 3.8) is 0 Å². The SMILES string of the molecule is CCn1c(=O)n(CC(=O)N2CCOC(CC(=O)O)C2)c2ccccc21. The molecule has 8 heteroatoms. The fraction of sp³-hybridized carbons (Fsp3) is 0.471. The van der Waals surface area contributed by atoms with Gasteiger partial charge in [0.05, 0.1) is 30.2 Å². The van der Waals surface area contributed by atoms with E-state index in [9.17, 15) is 14.4 Å². The van der Waals surface area contributed by atoms with Crippen molar-refractivity contribution in [2.75, 3.05) is 19.7 Å². The van der Waals surface area contributed by atoms with Gasteiger partial charge in [-0.2, -0.15) is 0 Å². The van der Waals surface area contributed by atoms with E-state index in [4.69, 9.17) is 9.84 Å². The van der Waals surface area contributed by atoms with Gasteiger partial charge < -0.3 is 14.7 Å². The monoisotopic (exact) mass is 347 g/mol. The van der Waals surface area contributed by atoms with E-state index in [1.807, 2.05) is 31.2 Å². The molecule has 0 bridgehead atoms. The van der Waals surface area contributed by atoms with Crippen molar-refractivity contribution in [3.05, 3.63) is 34.7 Å². The molecule has 2 heterocycles. The first kappa shape index (κ1) is 17.2. The summed E-state index contributed by atoms with van der Waals surface area (Å²) in [7, 11) is 0. The number of benzene rings is 1. The van der Waals surface area contributed by atoms with Crippen molar-refractivity contribution < 1.29 is 19.4 Å². The van der Waals surface area contributed by atoms with Gasteiger partial charge in [0, 0.05) is 19.6 Å². The maximum Gasteiger partial charge on any atom is 0.329 e. The van der Waals surface area contributed by atoms with Gasteiger partial charge in [0.1, 0.15) is 6.54 Å². The molecule has 1 fully saturated rings. The Labute approximate surface area is 144 Å². The Balaban J connectivity index is 1.82. The number of rotatable bonds is 5. The van der Waals surface area contributed by atoms with E-state index in [-0.39, 0.29) is 31.1 Å². The molecule has 1 N–H and O–H groups in total. The van der Waals surface area contributed by atoms with Crippen LogP contribution >= 0.6 is 0 Å². The summed E-state index contributed by atoms with van der Waals surface area (Å²) >= 11 is 0. The number of aliphatic carboxylic acids is 1. The standard InChI is InChI=1S/C17H21N3O5/c1-2-19-13-5-3-4-6-14(13)20(17(19)24)11-15(21)18-7-8-25-12(10-18)9-16(22)23/h3-6,12H,2,7-11H2,1H3,(H,22,23). The number of imidazole rings is 1. The van der Waals surface area contributed by atoms with Crippen molar-refractivity contribution in [1.29, 1.82) is 0 Å². The fourth-order valence-corrected chi connectivity index (χ4v) is 3.23. The molecular weight excluding hydrogens is 326 g/mol. The molecule has 3 rings (SSSR count). The van der Waals surface area contributed by atoms with Crippen LogP contribution < -0.4 is 5.69 Å². The van der Waals surface area contributed by atoms with Gasteiger partial charge in [-0.25, -0.2) is 4.79 Å². The van der Waals surface area contributed by atoms with Gasteiger partial charge in [-0.3, -0.25) is 18.7 Å². The molecule has 0 saturated carbocycles. The highest BCUT2D eigenvalue weighted by Crippen LogP contribution is 2.14. The number of nitrogens with zero attached hydrogens (tertiary/aromatic N) is 3. The summed E-state index contributed by atoms with van der Waals surface area (Å²) in [5.74, 6) is -1.17. The summed E-state index contributed by atoms with van der Waals surface area (Å²) in [6.45, 7) is 3.28. The summed E-state index contributed by atoms with van der Waals surface area (Å²) in [6, 6.07) is 7.38. The number of hydrogen-bond acceptors (Lipinski definition) is 4. The molecule has 1 saturated heterocycles. The molecule has 1 unspecified atom stereocenters. The number of fused-ring (bicyclic) bond motifs is 1. The number of amides is 1. The van der Waals surface area contributed by atoms with Gasteiger partial charge in [0.2, 0.25) is 5.91 Å². The smallest absolute Gasteiger partial charge is 0.329 e. The van der Waals surface area contributed by atoms with Crippen LogP contribution in [0.15, 0.2) is 29.1 Å². The van der Waals surface area contributed by atoms with Gasteiger partial charge in [-0.05, 0) is 19.1 Å². The number of carboxylic acids is 1. The molecule has 8 nitrogen and oxygen atoms in total. The minimum atomic E-state index is -0.957. The molecule has 1 atom stereocenters. The molecule has 134 valence electrons. The van der Waals surface area contributed by atoms with Crippen LogP contribution in [0.25, 0.3) is 11.0 Å². The van der Waals surface area contributed by atoms with Crippen LogP contribution in [0, 0.1) is 0 Å². The largest absolute Gasteiger partial charge is 0.481 e. The zero-order valence-corrected chi connectivity index (χ0v) is 14.1. The maximum atomic E-state index is 12.6. The van der Waals surface area contributed by atoms with E-state index in [0.29, 0.717) is 19.7 Å². The average molecular weight is 347 g/mol. The Bertz CT molecular complexity index is 854. The minimum absolute atomic E-state index is 0.0634. The molecule has 1 aliphatic heterocycles. The molecule has 0 aliphatic carbocycles. The highest BCUT2D eigenvalue weighted by atomic mass is 16.5. The lowest BCUT2D eigenvalue weighted by molar-refractivity contribution is -0.148. The highest BCUT2D eigenvalue weighted by molar-refractivity contribution is 5.81. The number of carbonyl (C=O) groups is 2. The lowest BCUT2D eigenvalue weighted by atomic mass is 10.2. The van der Waals surface area contributed by atoms with Crippen molar-refractivity contribution in [1.82, 2.24) is 14.0 Å². The van der Waals surface area contributed by atoms with Gasteiger partial charge >= 0.3 is 11.7 Å². The summed E-state index contributed by atoms with van der Waals surface area (Å²) in [5.41, 5.74) is 1.30. The van der Waals surface area contributed by atoms with Crippen LogP contribution in [0.3, 0.4) is 0 Å². The summed E-state index contributed by atoms with van der Waals surface area (Å²) in [5, 5.41) is 8.88. The third-order valence-corrected chi connectivity index (χ3v) is 4.43. The van der Waals surface area contributed by atoms with E-state index in [1.165, 1.54) is 4.57 Å². The lowest BCUT2D eigenvalue weighted by Crippen LogP contribution is -2.48. The van der Waals surface area contributed by atoms with Gasteiger partial charge in [0.25, 0.3) is 0 Å². The fourth-order valence-electron chi connectivity index (χ4n) is 3.23. The van der Waals surface area contributed by atoms with E-state index < -0.39 is 12.1 Å². The van der Waals surface area contributed by atoms with Gasteiger partial charge in [-0.15, -0.1) is 0 Å². The van der Waals surface area contributed by atoms with Crippen LogP contribution in [0.1, 0.15) is 13.3 Å². The van der Waals surface area contributed by atoms with Crippen molar-refractivity contribution in [2.24, 2.45) is 0 Å². The molecule has 2 aromatic rings. The Morgan fingerprint density at radius 1 is 1.24 bits per heavy atom. The molecule has 1 aromatic heterocycles. The lowest BCUT2D eigenvalue weighted by Gasteiger charge is -2.32. The number of hydrogen-bond donors (Lipinski definition) is 1. The topological polar surface area (TPSA) is 93.8 Å². The first-order valence-electron chi connectivity index (χ1n) is 8.30. The maximum absolute atomic E-state index is 12.6. The van der Waals surface area contributed by atoms with E-state index >= 15 is 0 Å². The molecule has 1 amide bonds. The molecule has 0 radical (unpaired) electrons.